The first-order chi connectivity index (χ1) is 8.42. The molecule has 0 spiro atoms. The summed E-state index contributed by atoms with van der Waals surface area (Å²) in [4.78, 5) is 0. The summed E-state index contributed by atoms with van der Waals surface area (Å²) in [6.07, 6.45) is 9.78. The van der Waals surface area contributed by atoms with Gasteiger partial charge in [-0.05, 0) is 18.1 Å². The summed E-state index contributed by atoms with van der Waals surface area (Å²) in [5, 5.41) is 3.51. The molecule has 0 aromatic heterocycles. The Kier molecular flexibility index (Phi) is 4.90. The average Bonchev–Trinajstić information content (AvgIpc) is 2.77. The lowest BCUT2D eigenvalue weighted by atomic mass is 9.95. The van der Waals surface area contributed by atoms with Gasteiger partial charge >= 0.3 is 0 Å². The second-order valence-corrected chi connectivity index (χ2v) is 5.22. The lowest BCUT2D eigenvalue weighted by molar-refractivity contribution is 0.556. The molecule has 1 aliphatic heterocycles. The highest BCUT2D eigenvalue weighted by atomic mass is 14.9. The molecule has 2 rings (SSSR count). The van der Waals surface area contributed by atoms with Gasteiger partial charge in [-0.3, -0.25) is 0 Å². The molecule has 1 heteroatoms. The summed E-state index contributed by atoms with van der Waals surface area (Å²) < 4.78 is 0. The highest BCUT2D eigenvalue weighted by Gasteiger charge is 2.20. The normalized spacial score (nSPS) is 17.8. The summed E-state index contributed by atoms with van der Waals surface area (Å²) in [5.74, 6) is 0.761. The van der Waals surface area contributed by atoms with Crippen molar-refractivity contribution >= 4 is 5.69 Å². The van der Waals surface area contributed by atoms with Crippen molar-refractivity contribution in [2.45, 2.75) is 57.8 Å². The van der Waals surface area contributed by atoms with Crippen LogP contribution in [0.1, 0.15) is 63.4 Å². The van der Waals surface area contributed by atoms with Crippen molar-refractivity contribution in [2.75, 3.05) is 11.9 Å². The van der Waals surface area contributed by atoms with E-state index in [-0.39, 0.29) is 0 Å². The zero-order valence-corrected chi connectivity index (χ0v) is 11.0. The highest BCUT2D eigenvalue weighted by molar-refractivity contribution is 5.57. The van der Waals surface area contributed by atoms with E-state index in [0.717, 1.165) is 12.5 Å². The van der Waals surface area contributed by atoms with Crippen molar-refractivity contribution < 1.29 is 0 Å². The van der Waals surface area contributed by atoms with Gasteiger partial charge < -0.3 is 5.32 Å². The second kappa shape index (κ2) is 6.68. The molecule has 0 amide bonds. The Morgan fingerprint density at radius 3 is 2.71 bits per heavy atom. The van der Waals surface area contributed by atoms with E-state index in [1.54, 1.807) is 5.56 Å². The largest absolute Gasteiger partial charge is 0.384 e. The maximum Gasteiger partial charge on any atom is 0.0376 e. The molecule has 1 aromatic carbocycles. The van der Waals surface area contributed by atoms with Crippen molar-refractivity contribution in [1.82, 2.24) is 0 Å². The van der Waals surface area contributed by atoms with Crippen LogP contribution in [-0.2, 0) is 0 Å². The molecule has 1 heterocycles. The molecule has 0 fully saturated rings. The van der Waals surface area contributed by atoms with Crippen molar-refractivity contribution in [3.63, 3.8) is 0 Å². The van der Waals surface area contributed by atoms with Gasteiger partial charge in [-0.2, -0.15) is 0 Å². The molecule has 1 N–H and O–H groups in total. The summed E-state index contributed by atoms with van der Waals surface area (Å²) in [6, 6.07) is 8.78. The van der Waals surface area contributed by atoms with E-state index in [1.807, 2.05) is 0 Å². The number of fused-ring (bicyclic) bond motifs is 1. The summed E-state index contributed by atoms with van der Waals surface area (Å²) >= 11 is 0. The molecule has 0 aliphatic carbocycles. The number of anilines is 1. The van der Waals surface area contributed by atoms with Crippen LogP contribution in [0.15, 0.2) is 24.3 Å². The average molecular weight is 231 g/mol. The molecule has 0 radical (unpaired) electrons. The Morgan fingerprint density at radius 2 is 1.82 bits per heavy atom. The number of rotatable bonds is 7. The van der Waals surface area contributed by atoms with Gasteiger partial charge in [-0.25, -0.2) is 0 Å². The minimum absolute atomic E-state index is 0.761. The molecular formula is C16H25N. The Labute approximate surface area is 106 Å². The number of benzene rings is 1. The predicted molar refractivity (Wildman–Crippen MR) is 75.7 cm³/mol. The topological polar surface area (TPSA) is 12.0 Å². The van der Waals surface area contributed by atoms with Crippen LogP contribution in [0.3, 0.4) is 0 Å². The van der Waals surface area contributed by atoms with E-state index in [0.29, 0.717) is 0 Å². The third-order valence-corrected chi connectivity index (χ3v) is 3.85. The molecule has 17 heavy (non-hydrogen) atoms. The molecule has 0 bridgehead atoms. The number of hydrogen-bond acceptors (Lipinski definition) is 1. The fraction of sp³-hybridized carbons (Fsp3) is 0.625. The van der Waals surface area contributed by atoms with Gasteiger partial charge in [0.25, 0.3) is 0 Å². The van der Waals surface area contributed by atoms with E-state index in [9.17, 15) is 0 Å². The van der Waals surface area contributed by atoms with Crippen LogP contribution >= 0.6 is 0 Å². The third-order valence-electron chi connectivity index (χ3n) is 3.85. The fourth-order valence-corrected chi connectivity index (χ4v) is 2.79. The minimum atomic E-state index is 0.761. The Balaban J connectivity index is 1.68. The van der Waals surface area contributed by atoms with Gasteiger partial charge in [-0.15, -0.1) is 0 Å². The lowest BCUT2D eigenvalue weighted by Gasteiger charge is -2.09. The number of hydrogen-bond donors (Lipinski definition) is 1. The van der Waals surface area contributed by atoms with E-state index < -0.39 is 0 Å². The van der Waals surface area contributed by atoms with Crippen LogP contribution in [0.5, 0.6) is 0 Å². The number of para-hydroxylation sites is 1. The Hall–Kier alpha value is -0.980. The van der Waals surface area contributed by atoms with E-state index >= 15 is 0 Å². The quantitative estimate of drug-likeness (QED) is 0.655. The van der Waals surface area contributed by atoms with Gasteiger partial charge in [0, 0.05) is 18.2 Å². The maximum absolute atomic E-state index is 3.51. The number of nitrogens with one attached hydrogen (secondary N) is 1. The van der Waals surface area contributed by atoms with Gasteiger partial charge in [-0.1, -0.05) is 63.6 Å². The predicted octanol–water partition coefficient (Wildman–Crippen LogP) is 4.95. The summed E-state index contributed by atoms with van der Waals surface area (Å²) in [7, 11) is 0. The van der Waals surface area contributed by atoms with Crippen LogP contribution < -0.4 is 5.32 Å². The van der Waals surface area contributed by atoms with Crippen LogP contribution in [0, 0.1) is 0 Å². The third kappa shape index (κ3) is 3.49. The smallest absolute Gasteiger partial charge is 0.0376 e. The molecular weight excluding hydrogens is 206 g/mol. The van der Waals surface area contributed by atoms with E-state index in [1.165, 1.54) is 50.6 Å². The van der Waals surface area contributed by atoms with Gasteiger partial charge in [0.15, 0.2) is 0 Å². The van der Waals surface area contributed by atoms with E-state index in [4.69, 9.17) is 0 Å². The van der Waals surface area contributed by atoms with Crippen LogP contribution in [0.2, 0.25) is 0 Å². The van der Waals surface area contributed by atoms with Crippen LogP contribution in [-0.4, -0.2) is 6.54 Å². The lowest BCUT2D eigenvalue weighted by Crippen LogP contribution is -2.01. The van der Waals surface area contributed by atoms with Crippen molar-refractivity contribution in [3.8, 4) is 0 Å². The highest BCUT2D eigenvalue weighted by Crippen LogP contribution is 2.34. The molecule has 0 saturated carbocycles. The first kappa shape index (κ1) is 12.5. The Morgan fingerprint density at radius 1 is 1.06 bits per heavy atom. The standard InChI is InChI=1S/C16H25N/c1-2-3-4-5-6-7-10-14-13-17-16-12-9-8-11-15(14)16/h8-9,11-12,14,17H,2-7,10,13H2,1H3. The molecule has 94 valence electrons. The molecule has 1 nitrogen and oxygen atoms in total. The summed E-state index contributed by atoms with van der Waals surface area (Å²) in [6.45, 7) is 3.43. The van der Waals surface area contributed by atoms with E-state index in [2.05, 4.69) is 36.5 Å². The first-order valence-electron chi connectivity index (χ1n) is 7.24. The van der Waals surface area contributed by atoms with Crippen molar-refractivity contribution in [1.29, 1.82) is 0 Å². The zero-order chi connectivity index (χ0) is 11.9. The van der Waals surface area contributed by atoms with Gasteiger partial charge in [0.2, 0.25) is 0 Å². The van der Waals surface area contributed by atoms with Gasteiger partial charge in [0.1, 0.15) is 0 Å². The van der Waals surface area contributed by atoms with Crippen molar-refractivity contribution in [3.05, 3.63) is 29.8 Å². The molecule has 1 aromatic rings. The minimum Gasteiger partial charge on any atom is -0.384 e. The van der Waals surface area contributed by atoms with Gasteiger partial charge in [0.05, 0.1) is 0 Å². The second-order valence-electron chi connectivity index (χ2n) is 5.22. The number of unbranched alkanes of at least 4 members (excludes halogenated alkanes) is 5. The SMILES string of the molecule is CCCCCCCCC1CNc2ccccc21. The summed E-state index contributed by atoms with van der Waals surface area (Å²) in [5.41, 5.74) is 2.91. The van der Waals surface area contributed by atoms with Crippen molar-refractivity contribution in [2.24, 2.45) is 0 Å². The molecule has 1 unspecified atom stereocenters. The molecule has 0 saturated heterocycles. The first-order valence-corrected chi connectivity index (χ1v) is 7.24. The van der Waals surface area contributed by atoms with Crippen LogP contribution in [0.4, 0.5) is 5.69 Å². The molecule has 1 atom stereocenters. The Bertz CT molecular complexity index is 332. The van der Waals surface area contributed by atoms with Crippen LogP contribution in [0.25, 0.3) is 0 Å². The zero-order valence-electron chi connectivity index (χ0n) is 11.0. The fourth-order valence-electron chi connectivity index (χ4n) is 2.79. The molecule has 1 aliphatic rings. The monoisotopic (exact) mass is 231 g/mol. The maximum atomic E-state index is 3.51.